The Bertz CT molecular complexity index is 1030. The second kappa shape index (κ2) is 12.3. The maximum Gasteiger partial charge on any atom is 0.225 e. The van der Waals surface area contributed by atoms with Gasteiger partial charge in [-0.25, -0.2) is 14.4 Å². The van der Waals surface area contributed by atoms with Gasteiger partial charge < -0.3 is 19.9 Å². The van der Waals surface area contributed by atoms with E-state index in [1.165, 1.54) is 12.1 Å². The van der Waals surface area contributed by atoms with Gasteiger partial charge in [-0.1, -0.05) is 24.3 Å². The lowest BCUT2D eigenvalue weighted by atomic mass is 10.2. The number of hydrogen-bond acceptors (Lipinski definition) is 5. The van der Waals surface area contributed by atoms with Crippen molar-refractivity contribution in [1.29, 1.82) is 0 Å². The third-order valence-electron chi connectivity index (χ3n) is 5.29. The molecule has 0 radical (unpaired) electrons. The van der Waals surface area contributed by atoms with Gasteiger partial charge >= 0.3 is 0 Å². The van der Waals surface area contributed by atoms with Crippen LogP contribution in [-0.2, 0) is 13.2 Å². The molecule has 1 N–H and O–H groups in total. The Kier molecular flexibility index (Phi) is 9.23. The van der Waals surface area contributed by atoms with Crippen molar-refractivity contribution in [3.8, 4) is 5.75 Å². The summed E-state index contributed by atoms with van der Waals surface area (Å²) in [4.78, 5) is 17.5. The van der Waals surface area contributed by atoms with Crippen LogP contribution in [0.1, 0.15) is 11.1 Å². The van der Waals surface area contributed by atoms with Gasteiger partial charge in [0.05, 0.1) is 0 Å². The molecule has 0 unspecified atom stereocenters. The first kappa shape index (κ1) is 24.7. The Morgan fingerprint density at radius 3 is 2.39 bits per heavy atom. The molecule has 0 spiro atoms. The zero-order valence-corrected chi connectivity index (χ0v) is 20.9. The van der Waals surface area contributed by atoms with E-state index in [9.17, 15) is 4.39 Å². The summed E-state index contributed by atoms with van der Waals surface area (Å²) in [7, 11) is 1.80. The second-order valence-corrected chi connectivity index (χ2v) is 7.49. The van der Waals surface area contributed by atoms with Gasteiger partial charge in [-0.3, -0.25) is 4.99 Å². The predicted molar refractivity (Wildman–Crippen MR) is 139 cm³/mol. The number of hydrogen-bond donors (Lipinski definition) is 1. The third kappa shape index (κ3) is 7.01. The maximum absolute atomic E-state index is 13.3. The van der Waals surface area contributed by atoms with Crippen molar-refractivity contribution in [2.24, 2.45) is 4.99 Å². The van der Waals surface area contributed by atoms with Gasteiger partial charge in [-0.15, -0.1) is 24.0 Å². The lowest BCUT2D eigenvalue weighted by molar-refractivity contribution is 0.305. The van der Waals surface area contributed by atoms with Crippen LogP contribution < -0.4 is 15.0 Å². The van der Waals surface area contributed by atoms with E-state index in [-0.39, 0.29) is 29.8 Å². The quantitative estimate of drug-likeness (QED) is 0.281. The molecule has 1 saturated heterocycles. The lowest BCUT2D eigenvalue weighted by Gasteiger charge is -2.36. The molecule has 2 aromatic carbocycles. The molecule has 0 amide bonds. The molecular weight excluding hydrogens is 534 g/mol. The standard InChI is InChI=1S/C24H27FN6O.HI/c1-26-23(30-12-14-31(15-13-30)24-27-10-3-11-28-24)29-17-19-6-8-22(9-7-19)32-18-20-4-2-5-21(25)16-20;/h2-11,16H,12-15,17-18H2,1H3,(H,26,29);1H. The Labute approximate surface area is 210 Å². The van der Waals surface area contributed by atoms with Gasteiger partial charge in [-0.2, -0.15) is 0 Å². The van der Waals surface area contributed by atoms with Gasteiger partial charge in [0.1, 0.15) is 18.2 Å². The number of guanidine groups is 1. The minimum atomic E-state index is -0.254. The minimum Gasteiger partial charge on any atom is -0.489 e. The molecule has 1 fully saturated rings. The van der Waals surface area contributed by atoms with Crippen molar-refractivity contribution in [2.75, 3.05) is 38.1 Å². The van der Waals surface area contributed by atoms with Crippen LogP contribution in [0.5, 0.6) is 5.75 Å². The maximum atomic E-state index is 13.3. The average molecular weight is 562 g/mol. The molecule has 33 heavy (non-hydrogen) atoms. The zero-order valence-electron chi connectivity index (χ0n) is 18.5. The Balaban J connectivity index is 0.00000306. The van der Waals surface area contributed by atoms with Crippen LogP contribution in [0.15, 0.2) is 72.0 Å². The van der Waals surface area contributed by atoms with Crippen LogP contribution in [0.25, 0.3) is 0 Å². The van der Waals surface area contributed by atoms with Crippen LogP contribution >= 0.6 is 24.0 Å². The summed E-state index contributed by atoms with van der Waals surface area (Å²) in [5.74, 6) is 2.15. The molecule has 9 heteroatoms. The van der Waals surface area contributed by atoms with E-state index in [0.29, 0.717) is 13.2 Å². The van der Waals surface area contributed by atoms with Crippen molar-refractivity contribution in [2.45, 2.75) is 13.2 Å². The van der Waals surface area contributed by atoms with E-state index in [2.05, 4.69) is 30.1 Å². The number of halogens is 2. The fourth-order valence-corrected chi connectivity index (χ4v) is 3.58. The number of ether oxygens (including phenoxy) is 1. The molecule has 0 bridgehead atoms. The Morgan fingerprint density at radius 1 is 1.00 bits per heavy atom. The molecule has 174 valence electrons. The summed E-state index contributed by atoms with van der Waals surface area (Å²) in [6, 6.07) is 16.2. The summed E-state index contributed by atoms with van der Waals surface area (Å²) in [5.41, 5.74) is 1.93. The average Bonchev–Trinajstić information content (AvgIpc) is 2.85. The summed E-state index contributed by atoms with van der Waals surface area (Å²) < 4.78 is 19.0. The molecule has 1 aliphatic rings. The van der Waals surface area contributed by atoms with E-state index in [0.717, 1.165) is 55.0 Å². The Morgan fingerprint density at radius 2 is 1.73 bits per heavy atom. The SMILES string of the molecule is CN=C(NCc1ccc(OCc2cccc(F)c2)cc1)N1CCN(c2ncccn2)CC1.I. The lowest BCUT2D eigenvalue weighted by Crippen LogP contribution is -2.52. The van der Waals surface area contributed by atoms with E-state index in [1.807, 2.05) is 36.4 Å². The van der Waals surface area contributed by atoms with Crippen LogP contribution in [0.2, 0.25) is 0 Å². The first-order chi connectivity index (χ1) is 15.7. The van der Waals surface area contributed by atoms with E-state index in [1.54, 1.807) is 25.5 Å². The van der Waals surface area contributed by atoms with Crippen LogP contribution in [-0.4, -0.2) is 54.1 Å². The van der Waals surface area contributed by atoms with Gasteiger partial charge in [0.15, 0.2) is 5.96 Å². The molecule has 2 heterocycles. The Hall–Kier alpha value is -2.95. The molecule has 0 atom stereocenters. The number of benzene rings is 2. The molecule has 1 aliphatic heterocycles. The predicted octanol–water partition coefficient (Wildman–Crippen LogP) is 3.71. The van der Waals surface area contributed by atoms with Crippen molar-refractivity contribution in [3.63, 3.8) is 0 Å². The van der Waals surface area contributed by atoms with E-state index in [4.69, 9.17) is 4.74 Å². The summed E-state index contributed by atoms with van der Waals surface area (Å²) in [6.45, 7) is 4.40. The fraction of sp³-hybridized carbons (Fsp3) is 0.292. The van der Waals surface area contributed by atoms with Crippen molar-refractivity contribution < 1.29 is 9.13 Å². The molecule has 1 aromatic heterocycles. The molecule has 0 aliphatic carbocycles. The highest BCUT2D eigenvalue weighted by molar-refractivity contribution is 14.0. The normalized spacial score (nSPS) is 13.9. The molecule has 3 aromatic rings. The largest absolute Gasteiger partial charge is 0.489 e. The zero-order chi connectivity index (χ0) is 22.2. The first-order valence-corrected chi connectivity index (χ1v) is 10.6. The molecular formula is C24H28FIN6O. The van der Waals surface area contributed by atoms with Crippen molar-refractivity contribution in [1.82, 2.24) is 20.2 Å². The number of rotatable bonds is 6. The van der Waals surface area contributed by atoms with Gasteiger partial charge in [0.25, 0.3) is 0 Å². The summed E-state index contributed by atoms with van der Waals surface area (Å²) >= 11 is 0. The molecule has 4 rings (SSSR count). The smallest absolute Gasteiger partial charge is 0.225 e. The summed E-state index contributed by atoms with van der Waals surface area (Å²) in [6.07, 6.45) is 3.54. The van der Waals surface area contributed by atoms with Crippen LogP contribution in [0.4, 0.5) is 10.3 Å². The second-order valence-electron chi connectivity index (χ2n) is 7.49. The fourth-order valence-electron chi connectivity index (χ4n) is 3.58. The topological polar surface area (TPSA) is 65.9 Å². The van der Waals surface area contributed by atoms with Crippen molar-refractivity contribution >= 4 is 35.9 Å². The monoisotopic (exact) mass is 562 g/mol. The summed E-state index contributed by atoms with van der Waals surface area (Å²) in [5, 5.41) is 3.44. The molecule has 0 saturated carbocycles. The van der Waals surface area contributed by atoms with E-state index >= 15 is 0 Å². The number of anilines is 1. The molecule has 7 nitrogen and oxygen atoms in total. The number of aliphatic imine (C=N–C) groups is 1. The minimum absolute atomic E-state index is 0. The number of piperazine rings is 1. The van der Waals surface area contributed by atoms with Gasteiger partial charge in [-0.05, 0) is 41.5 Å². The number of nitrogens with zero attached hydrogens (tertiary/aromatic N) is 5. The van der Waals surface area contributed by atoms with Crippen LogP contribution in [0, 0.1) is 5.82 Å². The number of aromatic nitrogens is 2. The third-order valence-corrected chi connectivity index (χ3v) is 5.29. The first-order valence-electron chi connectivity index (χ1n) is 10.6. The number of nitrogens with one attached hydrogen (secondary N) is 1. The van der Waals surface area contributed by atoms with Crippen LogP contribution in [0.3, 0.4) is 0 Å². The van der Waals surface area contributed by atoms with Gasteiger partial charge in [0.2, 0.25) is 5.95 Å². The van der Waals surface area contributed by atoms with Crippen molar-refractivity contribution in [3.05, 3.63) is 83.9 Å². The van der Waals surface area contributed by atoms with Gasteiger partial charge in [0, 0.05) is 52.2 Å². The van der Waals surface area contributed by atoms with E-state index < -0.39 is 0 Å². The highest BCUT2D eigenvalue weighted by Crippen LogP contribution is 2.15. The highest BCUT2D eigenvalue weighted by atomic mass is 127. The highest BCUT2D eigenvalue weighted by Gasteiger charge is 2.20.